The molecule has 1 aliphatic heterocycles. The molecule has 0 atom stereocenters. The number of hydrogen-bond donors (Lipinski definition) is 3. The molecule has 29 heavy (non-hydrogen) atoms. The van der Waals surface area contributed by atoms with Crippen LogP contribution in [0.2, 0.25) is 0 Å². The monoisotopic (exact) mass is 516 g/mol. The van der Waals surface area contributed by atoms with Crippen LogP contribution in [0.3, 0.4) is 0 Å². The van der Waals surface area contributed by atoms with Crippen LogP contribution in [0.4, 0.5) is 5.82 Å². The molecular formula is C21H37IN6O. The number of carbonyl (C=O) groups is 1. The van der Waals surface area contributed by atoms with E-state index in [9.17, 15) is 4.79 Å². The van der Waals surface area contributed by atoms with Crippen LogP contribution in [0.1, 0.15) is 46.1 Å². The molecule has 0 aliphatic carbocycles. The molecule has 1 fully saturated rings. The summed E-state index contributed by atoms with van der Waals surface area (Å²) >= 11 is 0. The molecule has 1 amide bonds. The maximum absolute atomic E-state index is 12.2. The quantitative estimate of drug-likeness (QED) is 0.295. The highest BCUT2D eigenvalue weighted by Gasteiger charge is 2.27. The molecule has 0 radical (unpaired) electrons. The molecule has 8 heteroatoms. The molecule has 2 rings (SSSR count). The first kappa shape index (κ1) is 25.5. The molecule has 0 saturated carbocycles. The molecule has 0 bridgehead atoms. The second kappa shape index (κ2) is 12.2. The van der Waals surface area contributed by atoms with E-state index in [1.807, 2.05) is 27.0 Å². The number of rotatable bonds is 7. The number of nitrogens with one attached hydrogen (secondary N) is 3. The molecule has 1 aromatic heterocycles. The van der Waals surface area contributed by atoms with Gasteiger partial charge < -0.3 is 20.9 Å². The highest BCUT2D eigenvalue weighted by Crippen LogP contribution is 2.18. The van der Waals surface area contributed by atoms with Crippen LogP contribution in [-0.2, 0) is 4.79 Å². The lowest BCUT2D eigenvalue weighted by molar-refractivity contribution is -0.128. The predicted octanol–water partition coefficient (Wildman–Crippen LogP) is 2.69. The second-order valence-corrected chi connectivity index (χ2v) is 8.04. The number of pyridine rings is 1. The zero-order valence-electron chi connectivity index (χ0n) is 18.4. The first-order valence-electron chi connectivity index (χ1n) is 10.4. The van der Waals surface area contributed by atoms with Crippen LogP contribution < -0.4 is 20.9 Å². The standard InChI is InChI=1S/C21H36N6O.HI/c1-6-22-19(28)21(4,5)15-25-20(23-7-2)26-17-10-12-27(13-11-17)18-9-8-16(3)14-24-18;/h8-9,14,17H,6-7,10-13,15H2,1-5H3,(H,22,28)(H2,23,25,26);1H. The number of anilines is 1. The van der Waals surface area contributed by atoms with E-state index in [0.29, 0.717) is 19.1 Å². The van der Waals surface area contributed by atoms with Crippen molar-refractivity contribution in [2.24, 2.45) is 10.4 Å². The molecule has 1 saturated heterocycles. The fourth-order valence-electron chi connectivity index (χ4n) is 3.16. The fourth-order valence-corrected chi connectivity index (χ4v) is 3.16. The van der Waals surface area contributed by atoms with E-state index in [0.717, 1.165) is 44.3 Å². The number of aryl methyl sites for hydroxylation is 1. The number of aromatic nitrogens is 1. The summed E-state index contributed by atoms with van der Waals surface area (Å²) in [7, 11) is 0. The van der Waals surface area contributed by atoms with Crippen LogP contribution >= 0.6 is 24.0 Å². The summed E-state index contributed by atoms with van der Waals surface area (Å²) in [5.41, 5.74) is 0.654. The Morgan fingerprint density at radius 2 is 1.86 bits per heavy atom. The van der Waals surface area contributed by atoms with Crippen molar-refractivity contribution in [1.29, 1.82) is 0 Å². The van der Waals surface area contributed by atoms with Gasteiger partial charge in [-0.2, -0.15) is 0 Å². The van der Waals surface area contributed by atoms with E-state index in [-0.39, 0.29) is 29.9 Å². The third-order valence-electron chi connectivity index (χ3n) is 4.98. The molecular weight excluding hydrogens is 479 g/mol. The summed E-state index contributed by atoms with van der Waals surface area (Å²) in [5, 5.41) is 9.73. The minimum Gasteiger partial charge on any atom is -0.357 e. The Morgan fingerprint density at radius 1 is 1.21 bits per heavy atom. The molecule has 7 nitrogen and oxygen atoms in total. The van der Waals surface area contributed by atoms with Crippen LogP contribution in [0.15, 0.2) is 23.3 Å². The Hall–Kier alpha value is -1.58. The number of aliphatic imine (C=N–C) groups is 1. The highest BCUT2D eigenvalue weighted by molar-refractivity contribution is 14.0. The van der Waals surface area contributed by atoms with Crippen molar-refractivity contribution in [2.45, 2.75) is 53.5 Å². The fraction of sp³-hybridized carbons (Fsp3) is 0.667. The molecule has 0 aromatic carbocycles. The SMILES string of the molecule is CCNC(=O)C(C)(C)CN=C(NCC)NC1CCN(c2ccc(C)cn2)CC1.I. The summed E-state index contributed by atoms with van der Waals surface area (Å²) in [6.45, 7) is 13.7. The molecule has 0 spiro atoms. The molecule has 164 valence electrons. The number of carbonyl (C=O) groups excluding carboxylic acids is 1. The van der Waals surface area contributed by atoms with Gasteiger partial charge in [0, 0.05) is 38.4 Å². The minimum atomic E-state index is -0.529. The van der Waals surface area contributed by atoms with Gasteiger partial charge in [0.05, 0.1) is 12.0 Å². The summed E-state index contributed by atoms with van der Waals surface area (Å²) in [6, 6.07) is 4.57. The van der Waals surface area contributed by atoms with Gasteiger partial charge in [0.1, 0.15) is 5.82 Å². The van der Waals surface area contributed by atoms with Crippen LogP contribution in [0.5, 0.6) is 0 Å². The molecule has 3 N–H and O–H groups in total. The highest BCUT2D eigenvalue weighted by atomic mass is 127. The molecule has 2 heterocycles. The van der Waals surface area contributed by atoms with Crippen molar-refractivity contribution in [3.8, 4) is 0 Å². The topological polar surface area (TPSA) is 81.6 Å². The van der Waals surface area contributed by atoms with E-state index in [1.165, 1.54) is 5.56 Å². The van der Waals surface area contributed by atoms with Crippen molar-refractivity contribution in [1.82, 2.24) is 20.9 Å². The predicted molar refractivity (Wildman–Crippen MR) is 131 cm³/mol. The smallest absolute Gasteiger partial charge is 0.227 e. The first-order chi connectivity index (χ1) is 13.4. The number of amides is 1. The van der Waals surface area contributed by atoms with Crippen molar-refractivity contribution < 1.29 is 4.79 Å². The van der Waals surface area contributed by atoms with Gasteiger partial charge in [-0.1, -0.05) is 6.07 Å². The Balaban J connectivity index is 0.00000420. The molecule has 1 aromatic rings. The van der Waals surface area contributed by atoms with Gasteiger partial charge in [-0.3, -0.25) is 9.79 Å². The van der Waals surface area contributed by atoms with Gasteiger partial charge >= 0.3 is 0 Å². The van der Waals surface area contributed by atoms with Gasteiger partial charge in [0.15, 0.2) is 5.96 Å². The average molecular weight is 516 g/mol. The van der Waals surface area contributed by atoms with E-state index in [1.54, 1.807) is 0 Å². The third-order valence-corrected chi connectivity index (χ3v) is 4.98. The van der Waals surface area contributed by atoms with Crippen LogP contribution in [-0.4, -0.2) is 55.6 Å². The Kier molecular flexibility index (Phi) is 10.7. The molecule has 0 unspecified atom stereocenters. The Morgan fingerprint density at radius 3 is 2.41 bits per heavy atom. The molecule has 1 aliphatic rings. The van der Waals surface area contributed by atoms with E-state index in [2.05, 4.69) is 56.8 Å². The zero-order chi connectivity index (χ0) is 20.6. The minimum absolute atomic E-state index is 0. The largest absolute Gasteiger partial charge is 0.357 e. The van der Waals surface area contributed by atoms with E-state index in [4.69, 9.17) is 0 Å². The second-order valence-electron chi connectivity index (χ2n) is 8.04. The summed E-state index contributed by atoms with van der Waals surface area (Å²) in [4.78, 5) is 23.7. The number of nitrogens with zero attached hydrogens (tertiary/aromatic N) is 3. The Bertz CT molecular complexity index is 654. The van der Waals surface area contributed by atoms with Gasteiger partial charge in [-0.15, -0.1) is 24.0 Å². The third kappa shape index (κ3) is 7.98. The van der Waals surface area contributed by atoms with Gasteiger partial charge in [-0.25, -0.2) is 4.98 Å². The number of piperidine rings is 1. The van der Waals surface area contributed by atoms with Crippen LogP contribution in [0.25, 0.3) is 0 Å². The summed E-state index contributed by atoms with van der Waals surface area (Å²) in [5.74, 6) is 1.87. The normalized spacial score (nSPS) is 15.5. The lowest BCUT2D eigenvalue weighted by Gasteiger charge is -2.34. The maximum Gasteiger partial charge on any atom is 0.227 e. The maximum atomic E-state index is 12.2. The Labute approximate surface area is 192 Å². The summed E-state index contributed by atoms with van der Waals surface area (Å²) in [6.07, 6.45) is 3.98. The number of guanidine groups is 1. The zero-order valence-corrected chi connectivity index (χ0v) is 20.7. The van der Waals surface area contributed by atoms with Crippen molar-refractivity contribution >= 4 is 41.7 Å². The van der Waals surface area contributed by atoms with Crippen LogP contribution in [0, 0.1) is 12.3 Å². The lowest BCUT2D eigenvalue weighted by Crippen LogP contribution is -2.49. The first-order valence-corrected chi connectivity index (χ1v) is 10.4. The number of hydrogen-bond acceptors (Lipinski definition) is 4. The van der Waals surface area contributed by atoms with Gasteiger partial charge in [0.25, 0.3) is 0 Å². The lowest BCUT2D eigenvalue weighted by atomic mass is 9.92. The summed E-state index contributed by atoms with van der Waals surface area (Å²) < 4.78 is 0. The van der Waals surface area contributed by atoms with Crippen molar-refractivity contribution in [3.63, 3.8) is 0 Å². The van der Waals surface area contributed by atoms with Gasteiger partial charge in [0.2, 0.25) is 5.91 Å². The van der Waals surface area contributed by atoms with Gasteiger partial charge in [-0.05, 0) is 59.1 Å². The number of halogens is 1. The van der Waals surface area contributed by atoms with Crippen molar-refractivity contribution in [2.75, 3.05) is 37.6 Å². The van der Waals surface area contributed by atoms with Crippen molar-refractivity contribution in [3.05, 3.63) is 23.9 Å². The van der Waals surface area contributed by atoms with E-state index >= 15 is 0 Å². The average Bonchev–Trinajstić information content (AvgIpc) is 2.68. The van der Waals surface area contributed by atoms with E-state index < -0.39 is 5.41 Å².